The molecule has 136 valence electrons. The zero-order chi connectivity index (χ0) is 19.3. The maximum Gasteiger partial charge on any atom is 0.471 e. The summed E-state index contributed by atoms with van der Waals surface area (Å²) >= 11 is 0. The molecule has 1 aromatic carbocycles. The van der Waals surface area contributed by atoms with E-state index in [1.54, 1.807) is 6.92 Å². The van der Waals surface area contributed by atoms with Gasteiger partial charge in [-0.25, -0.2) is 0 Å². The van der Waals surface area contributed by atoms with E-state index in [9.17, 15) is 23.2 Å². The standard InChI is InChI=1S/C17H15F3N4O2/c1-3-9-24(14(25)4-2)13(10-21)11-5-7-12(8-6-11)15-22-16(26-23-15)17(18,19)20/h3,5-8,13H,1,4,9H2,2H3. The molecular weight excluding hydrogens is 349 g/mol. The molecule has 0 bridgehead atoms. The number of alkyl halides is 3. The number of rotatable bonds is 6. The maximum atomic E-state index is 12.5. The predicted octanol–water partition coefficient (Wildman–Crippen LogP) is 3.74. The highest BCUT2D eigenvalue weighted by Gasteiger charge is 2.38. The number of carbonyl (C=O) groups excluding carboxylic acids is 1. The lowest BCUT2D eigenvalue weighted by molar-refractivity contribution is -0.159. The molecule has 2 rings (SSSR count). The summed E-state index contributed by atoms with van der Waals surface area (Å²) in [5, 5.41) is 12.8. The Hall–Kier alpha value is -3.15. The molecule has 1 atom stereocenters. The van der Waals surface area contributed by atoms with Crippen LogP contribution in [0.4, 0.5) is 13.2 Å². The summed E-state index contributed by atoms with van der Waals surface area (Å²) in [6, 6.07) is 7.22. The van der Waals surface area contributed by atoms with Gasteiger partial charge in [-0.2, -0.15) is 23.4 Å². The van der Waals surface area contributed by atoms with Gasteiger partial charge in [-0.15, -0.1) is 6.58 Å². The lowest BCUT2D eigenvalue weighted by atomic mass is 10.0. The number of nitriles is 1. The maximum absolute atomic E-state index is 12.5. The van der Waals surface area contributed by atoms with E-state index in [1.165, 1.54) is 35.2 Å². The number of amides is 1. The highest BCUT2D eigenvalue weighted by molar-refractivity contribution is 5.77. The lowest BCUT2D eigenvalue weighted by Gasteiger charge is -2.26. The second-order valence-electron chi connectivity index (χ2n) is 5.26. The molecule has 1 heterocycles. The van der Waals surface area contributed by atoms with Crippen LogP contribution in [-0.4, -0.2) is 27.5 Å². The predicted molar refractivity (Wildman–Crippen MR) is 85.3 cm³/mol. The van der Waals surface area contributed by atoms with Gasteiger partial charge < -0.3 is 9.42 Å². The van der Waals surface area contributed by atoms with Gasteiger partial charge in [0.05, 0.1) is 6.07 Å². The second kappa shape index (κ2) is 7.82. The van der Waals surface area contributed by atoms with Gasteiger partial charge in [0.2, 0.25) is 11.7 Å². The van der Waals surface area contributed by atoms with E-state index >= 15 is 0 Å². The van der Waals surface area contributed by atoms with E-state index in [1.807, 2.05) is 0 Å². The van der Waals surface area contributed by atoms with Crippen molar-refractivity contribution < 1.29 is 22.5 Å². The third-order valence-corrected chi connectivity index (χ3v) is 3.54. The van der Waals surface area contributed by atoms with Crippen molar-refractivity contribution in [2.45, 2.75) is 25.6 Å². The number of halogens is 3. The Morgan fingerprint density at radius 1 is 1.42 bits per heavy atom. The number of carbonyl (C=O) groups is 1. The zero-order valence-electron chi connectivity index (χ0n) is 13.8. The van der Waals surface area contributed by atoms with Crippen molar-refractivity contribution in [3.8, 4) is 17.5 Å². The first-order valence-electron chi connectivity index (χ1n) is 7.63. The molecule has 1 aromatic heterocycles. The summed E-state index contributed by atoms with van der Waals surface area (Å²) < 4.78 is 41.8. The summed E-state index contributed by atoms with van der Waals surface area (Å²) in [5.41, 5.74) is 0.807. The van der Waals surface area contributed by atoms with Crippen LogP contribution in [0.1, 0.15) is 30.8 Å². The molecular formula is C17H15F3N4O2. The summed E-state index contributed by atoms with van der Waals surface area (Å²) in [4.78, 5) is 16.7. The fourth-order valence-electron chi connectivity index (χ4n) is 2.29. The highest BCUT2D eigenvalue weighted by Crippen LogP contribution is 2.30. The molecule has 0 saturated heterocycles. The van der Waals surface area contributed by atoms with Crippen molar-refractivity contribution in [1.29, 1.82) is 5.26 Å². The van der Waals surface area contributed by atoms with E-state index in [0.29, 0.717) is 11.1 Å². The molecule has 0 aliphatic heterocycles. The van der Waals surface area contributed by atoms with E-state index in [0.717, 1.165) is 0 Å². The summed E-state index contributed by atoms with van der Waals surface area (Å²) in [5.74, 6) is -1.87. The summed E-state index contributed by atoms with van der Waals surface area (Å²) in [6.45, 7) is 5.47. The van der Waals surface area contributed by atoms with Crippen molar-refractivity contribution in [2.24, 2.45) is 0 Å². The first-order valence-corrected chi connectivity index (χ1v) is 7.63. The molecule has 0 fully saturated rings. The molecule has 1 amide bonds. The second-order valence-corrected chi connectivity index (χ2v) is 5.26. The Morgan fingerprint density at radius 3 is 2.54 bits per heavy atom. The topological polar surface area (TPSA) is 83.0 Å². The monoisotopic (exact) mass is 364 g/mol. The van der Waals surface area contributed by atoms with Gasteiger partial charge in [-0.1, -0.05) is 42.4 Å². The van der Waals surface area contributed by atoms with Gasteiger partial charge in [-0.3, -0.25) is 4.79 Å². The van der Waals surface area contributed by atoms with Gasteiger partial charge in [-0.05, 0) is 5.56 Å². The van der Waals surface area contributed by atoms with Crippen molar-refractivity contribution in [3.05, 3.63) is 48.4 Å². The quantitative estimate of drug-likeness (QED) is 0.729. The zero-order valence-corrected chi connectivity index (χ0v) is 13.8. The molecule has 0 aliphatic rings. The van der Waals surface area contributed by atoms with Crippen LogP contribution in [0.15, 0.2) is 41.4 Å². The molecule has 0 saturated carbocycles. The molecule has 0 radical (unpaired) electrons. The van der Waals surface area contributed by atoms with E-state index in [-0.39, 0.29) is 24.7 Å². The Kier molecular flexibility index (Phi) is 5.77. The minimum absolute atomic E-state index is 0.201. The minimum atomic E-state index is -4.72. The Bertz CT molecular complexity index is 822. The molecule has 6 nitrogen and oxygen atoms in total. The van der Waals surface area contributed by atoms with Crippen LogP contribution in [0.25, 0.3) is 11.4 Å². The van der Waals surface area contributed by atoms with Crippen LogP contribution in [0.5, 0.6) is 0 Å². The number of hydrogen-bond acceptors (Lipinski definition) is 5. The van der Waals surface area contributed by atoms with Crippen LogP contribution >= 0.6 is 0 Å². The van der Waals surface area contributed by atoms with Crippen LogP contribution in [-0.2, 0) is 11.0 Å². The fraction of sp³-hybridized carbons (Fsp3) is 0.294. The molecule has 26 heavy (non-hydrogen) atoms. The Labute approximate surface area is 147 Å². The molecule has 9 heteroatoms. The van der Waals surface area contributed by atoms with E-state index in [4.69, 9.17) is 0 Å². The van der Waals surface area contributed by atoms with Crippen molar-refractivity contribution in [1.82, 2.24) is 15.0 Å². The largest absolute Gasteiger partial charge is 0.471 e. The van der Waals surface area contributed by atoms with Crippen molar-refractivity contribution in [3.63, 3.8) is 0 Å². The number of benzene rings is 1. The highest BCUT2D eigenvalue weighted by atomic mass is 19.4. The number of aromatic nitrogens is 2. The van der Waals surface area contributed by atoms with Gasteiger partial charge in [0.25, 0.3) is 0 Å². The molecule has 0 aliphatic carbocycles. The molecule has 1 unspecified atom stereocenters. The number of nitrogens with zero attached hydrogens (tertiary/aromatic N) is 4. The molecule has 0 N–H and O–H groups in total. The van der Waals surface area contributed by atoms with E-state index < -0.39 is 18.1 Å². The minimum Gasteiger partial charge on any atom is -0.329 e. The van der Waals surface area contributed by atoms with Gasteiger partial charge in [0.1, 0.15) is 6.04 Å². The van der Waals surface area contributed by atoms with Crippen LogP contribution in [0, 0.1) is 11.3 Å². The lowest BCUT2D eigenvalue weighted by Crippen LogP contribution is -2.33. The van der Waals surface area contributed by atoms with Crippen molar-refractivity contribution >= 4 is 5.91 Å². The normalized spacial score (nSPS) is 12.3. The van der Waals surface area contributed by atoms with Crippen LogP contribution in [0.3, 0.4) is 0 Å². The smallest absolute Gasteiger partial charge is 0.329 e. The summed E-state index contributed by atoms with van der Waals surface area (Å²) in [6.07, 6.45) is -2.97. The Balaban J connectivity index is 2.29. The average Bonchev–Trinajstić information content (AvgIpc) is 3.12. The first kappa shape index (κ1) is 19.2. The fourth-order valence-corrected chi connectivity index (χ4v) is 2.29. The first-order chi connectivity index (χ1) is 12.3. The third-order valence-electron chi connectivity index (χ3n) is 3.54. The van der Waals surface area contributed by atoms with Gasteiger partial charge in [0, 0.05) is 18.5 Å². The van der Waals surface area contributed by atoms with Gasteiger partial charge in [0.15, 0.2) is 0 Å². The Morgan fingerprint density at radius 2 is 2.08 bits per heavy atom. The SMILES string of the molecule is C=CCN(C(=O)CC)C(C#N)c1ccc(-c2noc(C(F)(F)F)n2)cc1. The van der Waals surface area contributed by atoms with Gasteiger partial charge >= 0.3 is 12.1 Å². The van der Waals surface area contributed by atoms with Crippen molar-refractivity contribution in [2.75, 3.05) is 6.54 Å². The van der Waals surface area contributed by atoms with Crippen LogP contribution in [0.2, 0.25) is 0 Å². The third kappa shape index (κ3) is 4.08. The summed E-state index contributed by atoms with van der Waals surface area (Å²) in [7, 11) is 0. The van der Waals surface area contributed by atoms with Crippen LogP contribution < -0.4 is 0 Å². The average molecular weight is 364 g/mol. The molecule has 0 spiro atoms. The number of hydrogen-bond donors (Lipinski definition) is 0. The molecule has 2 aromatic rings. The van der Waals surface area contributed by atoms with E-state index in [2.05, 4.69) is 27.3 Å².